The third-order valence-corrected chi connectivity index (χ3v) is 2.88. The number of aryl methyl sites for hydroxylation is 2. The van der Waals surface area contributed by atoms with Crippen LogP contribution in [0.3, 0.4) is 0 Å². The van der Waals surface area contributed by atoms with E-state index < -0.39 is 5.54 Å². The quantitative estimate of drug-likeness (QED) is 0.802. The molecule has 1 aromatic heterocycles. The molecule has 0 fully saturated rings. The molecule has 0 saturated carbocycles. The van der Waals surface area contributed by atoms with Crippen LogP contribution in [0.2, 0.25) is 0 Å². The number of nitrogens with one attached hydrogen (secondary N) is 1. The van der Waals surface area contributed by atoms with Crippen molar-refractivity contribution in [3.05, 3.63) is 11.3 Å². The summed E-state index contributed by atoms with van der Waals surface area (Å²) in [7, 11) is 1.78. The number of aliphatic hydroxyl groups is 1. The van der Waals surface area contributed by atoms with Gasteiger partial charge in [-0.3, -0.25) is 4.68 Å². The van der Waals surface area contributed by atoms with Crippen LogP contribution in [-0.2, 0) is 7.05 Å². The maximum Gasteiger partial charge on any atom is 0.142 e. The van der Waals surface area contributed by atoms with Crippen LogP contribution in [0.5, 0.6) is 0 Å². The van der Waals surface area contributed by atoms with E-state index in [4.69, 9.17) is 5.26 Å². The molecular formula is C11H18N4O. The Balaban J connectivity index is 3.11. The van der Waals surface area contributed by atoms with E-state index in [1.807, 2.05) is 13.8 Å². The highest BCUT2D eigenvalue weighted by Gasteiger charge is 2.24. The second kappa shape index (κ2) is 4.54. The minimum Gasteiger partial charge on any atom is -0.394 e. The summed E-state index contributed by atoms with van der Waals surface area (Å²) in [6, 6.07) is 2.13. The van der Waals surface area contributed by atoms with Gasteiger partial charge in [0.05, 0.1) is 17.8 Å². The van der Waals surface area contributed by atoms with E-state index in [0.29, 0.717) is 17.1 Å². The number of aromatic nitrogens is 2. The number of anilines is 1. The van der Waals surface area contributed by atoms with Gasteiger partial charge in [0, 0.05) is 7.05 Å². The molecule has 0 aliphatic carbocycles. The monoisotopic (exact) mass is 222 g/mol. The van der Waals surface area contributed by atoms with E-state index in [9.17, 15) is 5.11 Å². The average Bonchev–Trinajstić information content (AvgIpc) is 2.53. The second-order valence-electron chi connectivity index (χ2n) is 4.24. The van der Waals surface area contributed by atoms with Crippen molar-refractivity contribution in [2.24, 2.45) is 7.05 Å². The number of rotatable bonds is 4. The van der Waals surface area contributed by atoms with Gasteiger partial charge in [-0.15, -0.1) is 0 Å². The van der Waals surface area contributed by atoms with Crippen LogP contribution in [0.4, 0.5) is 5.82 Å². The van der Waals surface area contributed by atoms with Crippen molar-refractivity contribution in [2.45, 2.75) is 32.7 Å². The molecule has 0 saturated heterocycles. The van der Waals surface area contributed by atoms with Crippen LogP contribution in [0.25, 0.3) is 0 Å². The van der Waals surface area contributed by atoms with E-state index in [2.05, 4.69) is 16.5 Å². The van der Waals surface area contributed by atoms with Crippen molar-refractivity contribution in [3.63, 3.8) is 0 Å². The molecule has 0 aromatic carbocycles. The van der Waals surface area contributed by atoms with E-state index in [1.165, 1.54) is 0 Å². The number of hydrogen-bond donors (Lipinski definition) is 2. The summed E-state index contributed by atoms with van der Waals surface area (Å²) < 4.78 is 1.64. The van der Waals surface area contributed by atoms with Crippen LogP contribution in [0.15, 0.2) is 0 Å². The van der Waals surface area contributed by atoms with Crippen LogP contribution in [-0.4, -0.2) is 27.0 Å². The van der Waals surface area contributed by atoms with E-state index >= 15 is 0 Å². The lowest BCUT2D eigenvalue weighted by atomic mass is 10.00. The summed E-state index contributed by atoms with van der Waals surface area (Å²) in [5.41, 5.74) is 0.811. The highest BCUT2D eigenvalue weighted by Crippen LogP contribution is 2.23. The molecule has 1 unspecified atom stereocenters. The topological polar surface area (TPSA) is 73.9 Å². The van der Waals surface area contributed by atoms with Gasteiger partial charge >= 0.3 is 0 Å². The highest BCUT2D eigenvalue weighted by atomic mass is 16.3. The predicted molar refractivity (Wildman–Crippen MR) is 62.1 cm³/mol. The lowest BCUT2D eigenvalue weighted by Crippen LogP contribution is -2.38. The smallest absolute Gasteiger partial charge is 0.142 e. The van der Waals surface area contributed by atoms with Crippen LogP contribution < -0.4 is 5.32 Å². The average molecular weight is 222 g/mol. The molecule has 5 heteroatoms. The first-order valence-corrected chi connectivity index (χ1v) is 5.30. The van der Waals surface area contributed by atoms with Gasteiger partial charge in [-0.1, -0.05) is 6.92 Å². The molecule has 1 heterocycles. The van der Waals surface area contributed by atoms with Gasteiger partial charge < -0.3 is 10.4 Å². The fourth-order valence-corrected chi connectivity index (χ4v) is 1.46. The Hall–Kier alpha value is -1.54. The number of aliphatic hydroxyl groups excluding tert-OH is 1. The minimum absolute atomic E-state index is 0.0125. The molecular weight excluding hydrogens is 204 g/mol. The van der Waals surface area contributed by atoms with E-state index in [-0.39, 0.29) is 6.61 Å². The van der Waals surface area contributed by atoms with Crippen molar-refractivity contribution in [1.29, 1.82) is 5.26 Å². The van der Waals surface area contributed by atoms with Gasteiger partial charge in [0.2, 0.25) is 0 Å². The number of nitrogens with zero attached hydrogens (tertiary/aromatic N) is 3. The normalized spacial score (nSPS) is 14.2. The maximum absolute atomic E-state index is 9.33. The molecule has 16 heavy (non-hydrogen) atoms. The van der Waals surface area contributed by atoms with E-state index in [0.717, 1.165) is 6.42 Å². The molecule has 88 valence electrons. The molecule has 0 aliphatic heterocycles. The predicted octanol–water partition coefficient (Wildman–Crippen LogP) is 1.17. The van der Waals surface area contributed by atoms with Crippen LogP contribution >= 0.6 is 0 Å². The molecule has 0 aliphatic rings. The van der Waals surface area contributed by atoms with Gasteiger partial charge in [0.25, 0.3) is 0 Å². The summed E-state index contributed by atoms with van der Waals surface area (Å²) in [4.78, 5) is 0. The second-order valence-corrected chi connectivity index (χ2v) is 4.24. The molecule has 0 spiro atoms. The fraction of sp³-hybridized carbons (Fsp3) is 0.636. The fourth-order valence-electron chi connectivity index (χ4n) is 1.46. The molecule has 5 nitrogen and oxygen atoms in total. The van der Waals surface area contributed by atoms with Crippen molar-refractivity contribution < 1.29 is 5.11 Å². The maximum atomic E-state index is 9.33. The molecule has 1 atom stereocenters. The van der Waals surface area contributed by atoms with Crippen molar-refractivity contribution in [2.75, 3.05) is 11.9 Å². The SMILES string of the molecule is CCC(C)(CO)Nc1c(C#N)c(C)nn1C. The lowest BCUT2D eigenvalue weighted by Gasteiger charge is -2.28. The molecule has 0 bridgehead atoms. The van der Waals surface area contributed by atoms with Crippen LogP contribution in [0.1, 0.15) is 31.5 Å². The minimum atomic E-state index is -0.425. The Morgan fingerprint density at radius 3 is 2.69 bits per heavy atom. The summed E-state index contributed by atoms with van der Waals surface area (Å²) in [6.07, 6.45) is 0.762. The van der Waals surface area contributed by atoms with Gasteiger partial charge in [0.1, 0.15) is 17.5 Å². The molecule has 0 amide bonds. The Labute approximate surface area is 95.7 Å². The van der Waals surface area contributed by atoms with Gasteiger partial charge in [-0.05, 0) is 20.3 Å². The third kappa shape index (κ3) is 2.17. The highest BCUT2D eigenvalue weighted by molar-refractivity contribution is 5.56. The van der Waals surface area contributed by atoms with Gasteiger partial charge in [0.15, 0.2) is 0 Å². The zero-order valence-corrected chi connectivity index (χ0v) is 10.2. The molecule has 1 aromatic rings. The first-order valence-electron chi connectivity index (χ1n) is 5.30. The Morgan fingerprint density at radius 2 is 2.25 bits per heavy atom. The number of hydrogen-bond acceptors (Lipinski definition) is 4. The lowest BCUT2D eigenvalue weighted by molar-refractivity contribution is 0.218. The molecule has 0 radical (unpaired) electrons. The van der Waals surface area contributed by atoms with Crippen molar-refractivity contribution in [3.8, 4) is 6.07 Å². The molecule has 2 N–H and O–H groups in total. The third-order valence-electron chi connectivity index (χ3n) is 2.88. The Morgan fingerprint density at radius 1 is 1.62 bits per heavy atom. The van der Waals surface area contributed by atoms with Crippen molar-refractivity contribution in [1.82, 2.24) is 9.78 Å². The largest absolute Gasteiger partial charge is 0.394 e. The molecule has 1 rings (SSSR count). The summed E-state index contributed by atoms with van der Waals surface area (Å²) in [6.45, 7) is 5.71. The summed E-state index contributed by atoms with van der Waals surface area (Å²) >= 11 is 0. The van der Waals surface area contributed by atoms with Gasteiger partial charge in [-0.2, -0.15) is 10.4 Å². The number of nitriles is 1. The Bertz CT molecular complexity index is 412. The standard InChI is InChI=1S/C11H18N4O/c1-5-11(3,7-16)13-10-9(6-12)8(2)14-15(10)4/h13,16H,5,7H2,1-4H3. The first-order chi connectivity index (χ1) is 7.47. The van der Waals surface area contributed by atoms with E-state index in [1.54, 1.807) is 18.7 Å². The Kier molecular flexibility index (Phi) is 3.55. The van der Waals surface area contributed by atoms with Crippen LogP contribution in [0, 0.1) is 18.3 Å². The summed E-state index contributed by atoms with van der Waals surface area (Å²) in [5, 5.41) is 25.8. The zero-order chi connectivity index (χ0) is 12.3. The zero-order valence-electron chi connectivity index (χ0n) is 10.2. The summed E-state index contributed by atoms with van der Waals surface area (Å²) in [5.74, 6) is 0.665. The van der Waals surface area contributed by atoms with Crippen molar-refractivity contribution >= 4 is 5.82 Å². The first kappa shape index (κ1) is 12.5. The van der Waals surface area contributed by atoms with Gasteiger partial charge in [-0.25, -0.2) is 0 Å².